The molecule has 0 amide bonds. The number of rotatable bonds is 3. The minimum absolute atomic E-state index is 0.0839. The molecule has 18 heavy (non-hydrogen) atoms. The summed E-state index contributed by atoms with van der Waals surface area (Å²) in [7, 11) is 2.13. The molecule has 5 heteroatoms. The lowest BCUT2D eigenvalue weighted by Crippen LogP contribution is -2.43. The fourth-order valence-electron chi connectivity index (χ4n) is 2.42. The second kappa shape index (κ2) is 5.35. The van der Waals surface area contributed by atoms with Crippen molar-refractivity contribution in [2.24, 2.45) is 5.92 Å². The number of nitrogens with zero attached hydrogens (tertiary/aromatic N) is 2. The molecule has 0 radical (unpaired) electrons. The van der Waals surface area contributed by atoms with Crippen LogP contribution in [0.1, 0.15) is 23.8 Å². The van der Waals surface area contributed by atoms with Crippen LogP contribution in [0.2, 0.25) is 0 Å². The summed E-state index contributed by atoms with van der Waals surface area (Å²) in [4.78, 5) is 17.0. The summed E-state index contributed by atoms with van der Waals surface area (Å²) >= 11 is 0. The van der Waals surface area contributed by atoms with Crippen molar-refractivity contribution in [3.8, 4) is 0 Å². The third kappa shape index (κ3) is 2.98. The van der Waals surface area contributed by atoms with E-state index in [4.69, 9.17) is 5.11 Å². The van der Waals surface area contributed by atoms with E-state index < -0.39 is 5.97 Å². The molecule has 0 bridgehead atoms. The summed E-state index contributed by atoms with van der Waals surface area (Å²) in [6.07, 6.45) is 2.60. The smallest absolute Gasteiger partial charge is 0.354 e. The van der Waals surface area contributed by atoms with Gasteiger partial charge in [-0.25, -0.2) is 9.78 Å². The number of hydrogen-bond acceptors (Lipinski definition) is 4. The highest BCUT2D eigenvalue weighted by Gasteiger charge is 2.24. The van der Waals surface area contributed by atoms with Crippen LogP contribution < -0.4 is 5.32 Å². The topological polar surface area (TPSA) is 65.5 Å². The zero-order valence-corrected chi connectivity index (χ0v) is 10.8. The maximum absolute atomic E-state index is 10.9. The largest absolute Gasteiger partial charge is 0.477 e. The van der Waals surface area contributed by atoms with Gasteiger partial charge in [-0.05, 0) is 38.1 Å². The lowest BCUT2D eigenvalue weighted by atomic mass is 9.94. The van der Waals surface area contributed by atoms with E-state index in [1.165, 1.54) is 6.20 Å². The molecule has 1 saturated heterocycles. The molecule has 98 valence electrons. The highest BCUT2D eigenvalue weighted by Crippen LogP contribution is 2.20. The summed E-state index contributed by atoms with van der Waals surface area (Å²) in [5.74, 6) is -0.444. The molecule has 2 atom stereocenters. The van der Waals surface area contributed by atoms with Crippen LogP contribution in [-0.4, -0.2) is 47.1 Å². The van der Waals surface area contributed by atoms with E-state index in [1.54, 1.807) is 6.07 Å². The van der Waals surface area contributed by atoms with Gasteiger partial charge >= 0.3 is 5.97 Å². The Hall–Kier alpha value is -1.62. The molecule has 0 saturated carbocycles. The summed E-state index contributed by atoms with van der Waals surface area (Å²) in [6, 6.07) is 3.80. The fraction of sp³-hybridized carbons (Fsp3) is 0.538. The molecule has 0 aliphatic carbocycles. The number of aromatic nitrogens is 1. The lowest BCUT2D eigenvalue weighted by Gasteiger charge is -2.35. The van der Waals surface area contributed by atoms with E-state index >= 15 is 0 Å². The first-order valence-corrected chi connectivity index (χ1v) is 6.20. The van der Waals surface area contributed by atoms with Crippen LogP contribution in [-0.2, 0) is 0 Å². The molecule has 5 nitrogen and oxygen atoms in total. The zero-order valence-electron chi connectivity index (χ0n) is 10.8. The Morgan fingerprint density at radius 2 is 2.39 bits per heavy atom. The number of pyridine rings is 1. The maximum Gasteiger partial charge on any atom is 0.354 e. The Kier molecular flexibility index (Phi) is 3.81. The maximum atomic E-state index is 10.9. The van der Waals surface area contributed by atoms with E-state index in [1.807, 2.05) is 6.07 Å². The minimum Gasteiger partial charge on any atom is -0.477 e. The van der Waals surface area contributed by atoms with Crippen molar-refractivity contribution >= 4 is 11.7 Å². The third-order valence-electron chi connectivity index (χ3n) is 3.44. The predicted octanol–water partition coefficient (Wildman–Crippen LogP) is 1.53. The van der Waals surface area contributed by atoms with Crippen molar-refractivity contribution in [2.45, 2.75) is 19.4 Å². The molecule has 0 aromatic carbocycles. The van der Waals surface area contributed by atoms with Crippen LogP contribution in [0.5, 0.6) is 0 Å². The molecule has 2 rings (SSSR count). The first-order chi connectivity index (χ1) is 8.56. The van der Waals surface area contributed by atoms with Gasteiger partial charge in [0.2, 0.25) is 0 Å². The Labute approximate surface area is 107 Å². The SMILES string of the molecule is CC1CN(C)CCC1Nc1ccnc(C(=O)O)c1. The van der Waals surface area contributed by atoms with Crippen molar-refractivity contribution < 1.29 is 9.90 Å². The van der Waals surface area contributed by atoms with Crippen molar-refractivity contribution in [3.05, 3.63) is 24.0 Å². The number of piperidine rings is 1. The molecule has 0 spiro atoms. The molecule has 1 aliphatic rings. The number of anilines is 1. The zero-order chi connectivity index (χ0) is 13.1. The number of carbonyl (C=O) groups is 1. The Bertz CT molecular complexity index is 436. The number of nitrogens with one attached hydrogen (secondary N) is 1. The van der Waals surface area contributed by atoms with Gasteiger partial charge in [-0.3, -0.25) is 0 Å². The van der Waals surface area contributed by atoms with Crippen LogP contribution in [0.25, 0.3) is 0 Å². The Morgan fingerprint density at radius 1 is 1.61 bits per heavy atom. The standard InChI is InChI=1S/C13H19N3O2/c1-9-8-16(2)6-4-11(9)15-10-3-5-14-12(7-10)13(17)18/h3,5,7,9,11H,4,6,8H2,1-2H3,(H,14,15)(H,17,18). The summed E-state index contributed by atoms with van der Waals surface area (Å²) in [5, 5.41) is 12.3. The first-order valence-electron chi connectivity index (χ1n) is 6.20. The number of likely N-dealkylation sites (tertiary alicyclic amines) is 1. The van der Waals surface area contributed by atoms with Gasteiger partial charge in [0.25, 0.3) is 0 Å². The van der Waals surface area contributed by atoms with E-state index in [9.17, 15) is 4.79 Å². The van der Waals surface area contributed by atoms with E-state index in [2.05, 4.69) is 29.2 Å². The highest BCUT2D eigenvalue weighted by atomic mass is 16.4. The van der Waals surface area contributed by atoms with Gasteiger partial charge in [0.05, 0.1) is 0 Å². The van der Waals surface area contributed by atoms with Crippen LogP contribution in [0.4, 0.5) is 5.69 Å². The Morgan fingerprint density at radius 3 is 3.06 bits per heavy atom. The van der Waals surface area contributed by atoms with Crippen molar-refractivity contribution in [3.63, 3.8) is 0 Å². The molecule has 1 fully saturated rings. The number of carboxylic acid groups (broad SMARTS) is 1. The third-order valence-corrected chi connectivity index (χ3v) is 3.44. The van der Waals surface area contributed by atoms with E-state index in [0.29, 0.717) is 12.0 Å². The molecule has 2 unspecified atom stereocenters. The first kappa shape index (κ1) is 12.8. The number of aromatic carboxylic acids is 1. The molecule has 2 N–H and O–H groups in total. The minimum atomic E-state index is -0.991. The van der Waals surface area contributed by atoms with Crippen LogP contribution in [0.3, 0.4) is 0 Å². The molecule has 1 aromatic rings. The Balaban J connectivity index is 2.05. The lowest BCUT2D eigenvalue weighted by molar-refractivity contribution is 0.0690. The molecule has 2 heterocycles. The van der Waals surface area contributed by atoms with Crippen molar-refractivity contribution in [2.75, 3.05) is 25.5 Å². The average molecular weight is 249 g/mol. The highest BCUT2D eigenvalue weighted by molar-refractivity contribution is 5.86. The monoisotopic (exact) mass is 249 g/mol. The predicted molar refractivity (Wildman–Crippen MR) is 69.9 cm³/mol. The second-order valence-corrected chi connectivity index (χ2v) is 5.01. The number of carboxylic acids is 1. The van der Waals surface area contributed by atoms with Gasteiger partial charge < -0.3 is 15.3 Å². The second-order valence-electron chi connectivity index (χ2n) is 5.01. The quantitative estimate of drug-likeness (QED) is 0.850. The van der Waals surface area contributed by atoms with Gasteiger partial charge in [-0.15, -0.1) is 0 Å². The number of hydrogen-bond donors (Lipinski definition) is 2. The summed E-state index contributed by atoms with van der Waals surface area (Å²) in [6.45, 7) is 4.35. The molecular weight excluding hydrogens is 230 g/mol. The van der Waals surface area contributed by atoms with Crippen LogP contribution in [0, 0.1) is 5.92 Å². The average Bonchev–Trinajstić information content (AvgIpc) is 2.33. The van der Waals surface area contributed by atoms with Gasteiger partial charge in [-0.2, -0.15) is 0 Å². The van der Waals surface area contributed by atoms with Gasteiger partial charge in [0.15, 0.2) is 0 Å². The normalized spacial score (nSPS) is 24.8. The van der Waals surface area contributed by atoms with Gasteiger partial charge in [0.1, 0.15) is 5.69 Å². The molecular formula is C13H19N3O2. The molecule has 1 aromatic heterocycles. The van der Waals surface area contributed by atoms with Crippen molar-refractivity contribution in [1.29, 1.82) is 0 Å². The van der Waals surface area contributed by atoms with Crippen LogP contribution >= 0.6 is 0 Å². The van der Waals surface area contributed by atoms with Gasteiger partial charge in [0, 0.05) is 24.5 Å². The molecule has 1 aliphatic heterocycles. The summed E-state index contributed by atoms with van der Waals surface area (Å²) in [5.41, 5.74) is 0.921. The van der Waals surface area contributed by atoms with E-state index in [0.717, 1.165) is 25.2 Å². The van der Waals surface area contributed by atoms with Crippen molar-refractivity contribution in [1.82, 2.24) is 9.88 Å². The van der Waals surface area contributed by atoms with Crippen LogP contribution in [0.15, 0.2) is 18.3 Å². The van der Waals surface area contributed by atoms with E-state index in [-0.39, 0.29) is 5.69 Å². The van der Waals surface area contributed by atoms with Gasteiger partial charge in [-0.1, -0.05) is 6.92 Å². The fourth-order valence-corrected chi connectivity index (χ4v) is 2.42. The summed E-state index contributed by atoms with van der Waals surface area (Å²) < 4.78 is 0.